The lowest BCUT2D eigenvalue weighted by Crippen LogP contribution is -2.36. The minimum atomic E-state index is 0.994. The third-order valence-corrected chi connectivity index (χ3v) is 3.62. The zero-order chi connectivity index (χ0) is 9.68. The predicted molar refractivity (Wildman–Crippen MR) is 58.8 cm³/mol. The van der Waals surface area contributed by atoms with Crippen LogP contribution in [0.2, 0.25) is 0 Å². The predicted octanol–water partition coefficient (Wildman–Crippen LogP) is 3.06. The Morgan fingerprint density at radius 1 is 1.23 bits per heavy atom. The largest absolute Gasteiger partial charge is 0.317 e. The van der Waals surface area contributed by atoms with Crippen molar-refractivity contribution in [2.24, 2.45) is 17.8 Å². The fraction of sp³-hybridized carbons (Fsp3) is 1.00. The maximum absolute atomic E-state index is 3.50. The van der Waals surface area contributed by atoms with E-state index in [4.69, 9.17) is 0 Å². The van der Waals surface area contributed by atoms with Gasteiger partial charge >= 0.3 is 0 Å². The maximum Gasteiger partial charge on any atom is -0.00461 e. The third kappa shape index (κ3) is 2.98. The van der Waals surface area contributed by atoms with Crippen LogP contribution in [0.25, 0.3) is 0 Å². The van der Waals surface area contributed by atoms with E-state index in [2.05, 4.69) is 26.1 Å². The lowest BCUT2D eigenvalue weighted by Gasteiger charge is -2.43. The van der Waals surface area contributed by atoms with Crippen molar-refractivity contribution in [3.8, 4) is 0 Å². The molecule has 0 aromatic carbocycles. The molecular formula is C12H25N. The summed E-state index contributed by atoms with van der Waals surface area (Å²) in [6.45, 7) is 9.41. The first-order chi connectivity index (χ1) is 6.29. The van der Waals surface area contributed by atoms with Gasteiger partial charge in [0.25, 0.3) is 0 Å². The van der Waals surface area contributed by atoms with Crippen molar-refractivity contribution in [2.45, 2.75) is 46.5 Å². The van der Waals surface area contributed by atoms with E-state index >= 15 is 0 Å². The quantitative estimate of drug-likeness (QED) is 0.624. The number of rotatable bonds is 6. The Hall–Kier alpha value is -0.0400. The molecule has 0 aromatic rings. The SMILES string of the molecule is CCCNCC[C@@H]1C(C)CC1CC. The number of nitrogens with one attached hydrogen (secondary N) is 1. The van der Waals surface area contributed by atoms with E-state index in [1.165, 1.54) is 38.8 Å². The van der Waals surface area contributed by atoms with Crippen molar-refractivity contribution in [3.05, 3.63) is 0 Å². The van der Waals surface area contributed by atoms with Crippen molar-refractivity contribution in [2.75, 3.05) is 13.1 Å². The maximum atomic E-state index is 3.50. The van der Waals surface area contributed by atoms with Crippen LogP contribution in [0.15, 0.2) is 0 Å². The van der Waals surface area contributed by atoms with Crippen molar-refractivity contribution < 1.29 is 0 Å². The normalized spacial score (nSPS) is 33.0. The summed E-state index contributed by atoms with van der Waals surface area (Å²) < 4.78 is 0. The van der Waals surface area contributed by atoms with Gasteiger partial charge < -0.3 is 5.32 Å². The van der Waals surface area contributed by atoms with Crippen molar-refractivity contribution in [1.29, 1.82) is 0 Å². The molecule has 1 N–H and O–H groups in total. The van der Waals surface area contributed by atoms with Gasteiger partial charge in [-0.3, -0.25) is 0 Å². The van der Waals surface area contributed by atoms with Crippen LogP contribution in [0.4, 0.5) is 0 Å². The number of hydrogen-bond donors (Lipinski definition) is 1. The molecule has 0 amide bonds. The summed E-state index contributed by atoms with van der Waals surface area (Å²) in [5.74, 6) is 3.06. The summed E-state index contributed by atoms with van der Waals surface area (Å²) in [5.41, 5.74) is 0. The van der Waals surface area contributed by atoms with E-state index in [9.17, 15) is 0 Å². The molecule has 1 rings (SSSR count). The summed E-state index contributed by atoms with van der Waals surface area (Å²) in [7, 11) is 0. The van der Waals surface area contributed by atoms with E-state index in [0.717, 1.165) is 17.8 Å². The molecule has 0 heterocycles. The molecule has 1 fully saturated rings. The van der Waals surface area contributed by atoms with Crippen molar-refractivity contribution in [1.82, 2.24) is 5.32 Å². The molecule has 1 nitrogen and oxygen atoms in total. The van der Waals surface area contributed by atoms with Gasteiger partial charge in [0, 0.05) is 0 Å². The lowest BCUT2D eigenvalue weighted by atomic mass is 9.63. The standard InChI is InChI=1S/C12H25N/c1-4-7-13-8-6-12-10(3)9-11(12)5-2/h10-13H,4-9H2,1-3H3/t10?,11?,12-/m1/s1. The van der Waals surface area contributed by atoms with Crippen LogP contribution in [-0.2, 0) is 0 Å². The van der Waals surface area contributed by atoms with Gasteiger partial charge in [0.2, 0.25) is 0 Å². The van der Waals surface area contributed by atoms with Gasteiger partial charge in [0.15, 0.2) is 0 Å². The summed E-state index contributed by atoms with van der Waals surface area (Å²) in [4.78, 5) is 0. The molecular weight excluding hydrogens is 158 g/mol. The monoisotopic (exact) mass is 183 g/mol. The highest BCUT2D eigenvalue weighted by atomic mass is 14.8. The van der Waals surface area contributed by atoms with Crippen LogP contribution in [0.5, 0.6) is 0 Å². The first kappa shape index (κ1) is 11.0. The topological polar surface area (TPSA) is 12.0 Å². The Morgan fingerprint density at radius 3 is 2.54 bits per heavy atom. The van der Waals surface area contributed by atoms with E-state index in [-0.39, 0.29) is 0 Å². The average molecular weight is 183 g/mol. The molecule has 0 bridgehead atoms. The van der Waals surface area contributed by atoms with Gasteiger partial charge in [-0.15, -0.1) is 0 Å². The Bertz CT molecular complexity index is 133. The van der Waals surface area contributed by atoms with Gasteiger partial charge in [-0.1, -0.05) is 27.2 Å². The molecule has 1 aliphatic rings. The van der Waals surface area contributed by atoms with Crippen LogP contribution in [-0.4, -0.2) is 13.1 Å². The van der Waals surface area contributed by atoms with E-state index < -0.39 is 0 Å². The van der Waals surface area contributed by atoms with Gasteiger partial charge in [0.1, 0.15) is 0 Å². The minimum absolute atomic E-state index is 0.994. The molecule has 1 saturated carbocycles. The summed E-state index contributed by atoms with van der Waals surface area (Å²) >= 11 is 0. The molecule has 0 spiro atoms. The average Bonchev–Trinajstić information content (AvgIpc) is 2.13. The fourth-order valence-corrected chi connectivity index (χ4v) is 2.66. The lowest BCUT2D eigenvalue weighted by molar-refractivity contribution is 0.0741. The molecule has 0 saturated heterocycles. The van der Waals surface area contributed by atoms with Crippen molar-refractivity contribution in [3.63, 3.8) is 0 Å². The van der Waals surface area contributed by atoms with Crippen LogP contribution < -0.4 is 5.32 Å². The minimum Gasteiger partial charge on any atom is -0.317 e. The smallest absolute Gasteiger partial charge is 0.00461 e. The zero-order valence-corrected chi connectivity index (χ0v) is 9.47. The third-order valence-electron chi connectivity index (χ3n) is 3.62. The summed E-state index contributed by atoms with van der Waals surface area (Å²) in [6, 6.07) is 0. The highest BCUT2D eigenvalue weighted by molar-refractivity contribution is 4.85. The highest BCUT2D eigenvalue weighted by Crippen LogP contribution is 2.43. The Balaban J connectivity index is 2.06. The molecule has 3 atom stereocenters. The van der Waals surface area contributed by atoms with E-state index in [1.54, 1.807) is 0 Å². The van der Waals surface area contributed by atoms with Crippen molar-refractivity contribution >= 4 is 0 Å². The Kier molecular flexibility index (Phi) is 4.79. The molecule has 2 unspecified atom stereocenters. The molecule has 13 heavy (non-hydrogen) atoms. The van der Waals surface area contributed by atoms with Gasteiger partial charge in [-0.05, 0) is 50.1 Å². The second kappa shape index (κ2) is 5.64. The highest BCUT2D eigenvalue weighted by Gasteiger charge is 2.35. The van der Waals surface area contributed by atoms with Crippen LogP contribution >= 0.6 is 0 Å². The summed E-state index contributed by atoms with van der Waals surface area (Å²) in [5, 5.41) is 3.50. The first-order valence-electron chi connectivity index (χ1n) is 6.00. The second-order valence-electron chi connectivity index (χ2n) is 4.58. The molecule has 0 aliphatic heterocycles. The van der Waals surface area contributed by atoms with E-state index in [1.807, 2.05) is 0 Å². The Labute approximate surface area is 83.3 Å². The molecule has 1 aliphatic carbocycles. The van der Waals surface area contributed by atoms with Gasteiger partial charge in [0.05, 0.1) is 0 Å². The van der Waals surface area contributed by atoms with E-state index in [0.29, 0.717) is 0 Å². The molecule has 78 valence electrons. The van der Waals surface area contributed by atoms with Crippen LogP contribution in [0.1, 0.15) is 46.5 Å². The Morgan fingerprint density at radius 2 is 2.00 bits per heavy atom. The number of hydrogen-bond acceptors (Lipinski definition) is 1. The van der Waals surface area contributed by atoms with Gasteiger partial charge in [-0.25, -0.2) is 0 Å². The zero-order valence-electron chi connectivity index (χ0n) is 9.47. The van der Waals surface area contributed by atoms with Gasteiger partial charge in [-0.2, -0.15) is 0 Å². The molecule has 1 heteroatoms. The first-order valence-corrected chi connectivity index (χ1v) is 6.00. The summed E-state index contributed by atoms with van der Waals surface area (Å²) in [6.07, 6.45) is 5.54. The second-order valence-corrected chi connectivity index (χ2v) is 4.58. The molecule has 0 radical (unpaired) electrons. The van der Waals surface area contributed by atoms with Crippen LogP contribution in [0.3, 0.4) is 0 Å². The fourth-order valence-electron chi connectivity index (χ4n) is 2.66. The molecule has 0 aromatic heterocycles. The van der Waals surface area contributed by atoms with Crippen LogP contribution in [0, 0.1) is 17.8 Å².